The molecule has 2 rings (SSSR count). The van der Waals surface area contributed by atoms with Crippen LogP contribution in [-0.4, -0.2) is 0 Å². The molecule has 0 fully saturated rings. The van der Waals surface area contributed by atoms with Crippen molar-refractivity contribution in [3.8, 4) is 0 Å². The lowest BCUT2D eigenvalue weighted by Gasteiger charge is -2.15. The van der Waals surface area contributed by atoms with E-state index in [0.717, 1.165) is 6.42 Å². The van der Waals surface area contributed by atoms with Crippen LogP contribution in [0.2, 0.25) is 0 Å². The first-order valence-electron chi connectivity index (χ1n) is 6.75. The van der Waals surface area contributed by atoms with Crippen molar-refractivity contribution in [3.05, 3.63) is 69.8 Å². The van der Waals surface area contributed by atoms with E-state index in [1.165, 1.54) is 33.4 Å². The minimum Gasteiger partial charge on any atom is -0.117 e. The monoisotopic (exact) mass is 272 g/mol. The molecule has 0 saturated carbocycles. The van der Waals surface area contributed by atoms with Gasteiger partial charge in [0.25, 0.3) is 0 Å². The van der Waals surface area contributed by atoms with Crippen LogP contribution >= 0.6 is 11.6 Å². The van der Waals surface area contributed by atoms with E-state index in [0.29, 0.717) is 0 Å². The Morgan fingerprint density at radius 3 is 2.32 bits per heavy atom. The molecule has 0 aliphatic carbocycles. The minimum atomic E-state index is 0.0435. The third kappa shape index (κ3) is 3.19. The zero-order valence-electron chi connectivity index (χ0n) is 12.1. The molecule has 2 aromatic rings. The summed E-state index contributed by atoms with van der Waals surface area (Å²) in [6, 6.07) is 13.0. The summed E-state index contributed by atoms with van der Waals surface area (Å²) in [5, 5.41) is 0.0435. The highest BCUT2D eigenvalue weighted by Crippen LogP contribution is 2.29. The van der Waals surface area contributed by atoms with Gasteiger partial charge in [0.2, 0.25) is 0 Å². The van der Waals surface area contributed by atoms with Gasteiger partial charge in [0.05, 0.1) is 5.38 Å². The molecule has 0 aliphatic heterocycles. The van der Waals surface area contributed by atoms with Gasteiger partial charge in [0, 0.05) is 0 Å². The molecule has 0 spiro atoms. The maximum absolute atomic E-state index is 6.61. The summed E-state index contributed by atoms with van der Waals surface area (Å²) < 4.78 is 0. The third-order valence-corrected chi connectivity index (χ3v) is 4.36. The maximum atomic E-state index is 6.61. The van der Waals surface area contributed by atoms with Crippen molar-refractivity contribution in [2.45, 2.75) is 39.5 Å². The van der Waals surface area contributed by atoms with Crippen LogP contribution in [0.1, 0.15) is 38.8 Å². The van der Waals surface area contributed by atoms with Crippen LogP contribution < -0.4 is 0 Å². The Labute approximate surface area is 121 Å². The van der Waals surface area contributed by atoms with Gasteiger partial charge in [-0.25, -0.2) is 0 Å². The molecule has 1 unspecified atom stereocenters. The van der Waals surface area contributed by atoms with Crippen molar-refractivity contribution in [2.24, 2.45) is 0 Å². The van der Waals surface area contributed by atoms with E-state index in [4.69, 9.17) is 11.6 Å². The van der Waals surface area contributed by atoms with Crippen LogP contribution in [-0.2, 0) is 6.42 Å². The first-order chi connectivity index (χ1) is 8.99. The molecule has 100 valence electrons. The molecule has 1 heteroatoms. The Morgan fingerprint density at radius 1 is 0.895 bits per heavy atom. The molecule has 1 atom stereocenters. The molecular weight excluding hydrogens is 252 g/mol. The molecule has 0 aromatic heterocycles. The Kier molecular flexibility index (Phi) is 4.31. The predicted molar refractivity (Wildman–Crippen MR) is 84.1 cm³/mol. The van der Waals surface area contributed by atoms with Gasteiger partial charge in [-0.3, -0.25) is 0 Å². The van der Waals surface area contributed by atoms with Gasteiger partial charge in [-0.15, -0.1) is 11.6 Å². The zero-order chi connectivity index (χ0) is 14.0. The first kappa shape index (κ1) is 14.1. The van der Waals surface area contributed by atoms with Crippen molar-refractivity contribution >= 4 is 11.6 Å². The lowest BCUT2D eigenvalue weighted by atomic mass is 9.96. The molecule has 0 nitrogen and oxygen atoms in total. The Balaban J connectivity index is 2.23. The van der Waals surface area contributed by atoms with Gasteiger partial charge in [0.1, 0.15) is 0 Å². The number of aryl methyl sites for hydroxylation is 3. The molecule has 0 radical (unpaired) electrons. The molecule has 0 N–H and O–H groups in total. The van der Waals surface area contributed by atoms with Crippen molar-refractivity contribution < 1.29 is 0 Å². The highest BCUT2D eigenvalue weighted by molar-refractivity contribution is 6.21. The molecule has 0 saturated heterocycles. The van der Waals surface area contributed by atoms with E-state index in [9.17, 15) is 0 Å². The van der Waals surface area contributed by atoms with Gasteiger partial charge in [-0.2, -0.15) is 0 Å². The fourth-order valence-electron chi connectivity index (χ4n) is 2.36. The quantitative estimate of drug-likeness (QED) is 0.653. The summed E-state index contributed by atoms with van der Waals surface area (Å²) in [4.78, 5) is 0. The smallest absolute Gasteiger partial charge is 0.0628 e. The average molecular weight is 273 g/mol. The summed E-state index contributed by atoms with van der Waals surface area (Å²) in [5.41, 5.74) is 7.85. The predicted octanol–water partition coefficient (Wildman–Crippen LogP) is 5.44. The van der Waals surface area contributed by atoms with Crippen LogP contribution in [0.15, 0.2) is 36.4 Å². The van der Waals surface area contributed by atoms with Gasteiger partial charge in [0.15, 0.2) is 0 Å². The second kappa shape index (κ2) is 5.79. The molecule has 19 heavy (non-hydrogen) atoms. The maximum Gasteiger partial charge on any atom is 0.0628 e. The molecule has 0 amide bonds. The van der Waals surface area contributed by atoms with Crippen molar-refractivity contribution in [2.75, 3.05) is 0 Å². The van der Waals surface area contributed by atoms with Gasteiger partial charge in [-0.05, 0) is 67.5 Å². The normalized spacial score (nSPS) is 12.5. The molecule has 0 heterocycles. The van der Waals surface area contributed by atoms with Crippen molar-refractivity contribution in [3.63, 3.8) is 0 Å². The Bertz CT molecular complexity index is 584. The van der Waals surface area contributed by atoms with Gasteiger partial charge in [-0.1, -0.05) is 36.4 Å². The standard InChI is InChI=1S/C18H21Cl/c1-12-8-9-16(10-14(12)3)11-18(19)17-7-5-6-13(2)15(17)4/h5-10,18H,11H2,1-4H3. The molecule has 0 bridgehead atoms. The average Bonchev–Trinajstić information content (AvgIpc) is 2.37. The Hall–Kier alpha value is -1.27. The van der Waals surface area contributed by atoms with Crippen LogP contribution in [0.25, 0.3) is 0 Å². The second-order valence-electron chi connectivity index (χ2n) is 5.38. The summed E-state index contributed by atoms with van der Waals surface area (Å²) in [6.45, 7) is 8.58. The molecule has 2 aromatic carbocycles. The third-order valence-electron chi connectivity index (χ3n) is 3.97. The fourth-order valence-corrected chi connectivity index (χ4v) is 2.78. The van der Waals surface area contributed by atoms with Gasteiger partial charge >= 0.3 is 0 Å². The largest absolute Gasteiger partial charge is 0.117 e. The summed E-state index contributed by atoms with van der Waals surface area (Å²) >= 11 is 6.61. The minimum absolute atomic E-state index is 0.0435. The zero-order valence-corrected chi connectivity index (χ0v) is 12.9. The van der Waals surface area contributed by atoms with E-state index in [2.05, 4.69) is 64.1 Å². The highest BCUT2D eigenvalue weighted by atomic mass is 35.5. The molecule has 0 aliphatic rings. The lowest BCUT2D eigenvalue weighted by Crippen LogP contribution is -2.00. The summed E-state index contributed by atoms with van der Waals surface area (Å²) in [6.07, 6.45) is 0.882. The summed E-state index contributed by atoms with van der Waals surface area (Å²) in [5.74, 6) is 0. The topological polar surface area (TPSA) is 0 Å². The van der Waals surface area contributed by atoms with E-state index < -0.39 is 0 Å². The van der Waals surface area contributed by atoms with Gasteiger partial charge < -0.3 is 0 Å². The van der Waals surface area contributed by atoms with Crippen LogP contribution in [0.5, 0.6) is 0 Å². The number of alkyl halides is 1. The lowest BCUT2D eigenvalue weighted by molar-refractivity contribution is 0.904. The van der Waals surface area contributed by atoms with Crippen molar-refractivity contribution in [1.29, 1.82) is 0 Å². The number of benzene rings is 2. The highest BCUT2D eigenvalue weighted by Gasteiger charge is 2.12. The number of halogens is 1. The second-order valence-corrected chi connectivity index (χ2v) is 5.91. The van der Waals surface area contributed by atoms with E-state index in [1.807, 2.05) is 0 Å². The number of rotatable bonds is 3. The van der Waals surface area contributed by atoms with Crippen LogP contribution in [0, 0.1) is 27.7 Å². The Morgan fingerprint density at radius 2 is 1.63 bits per heavy atom. The van der Waals surface area contributed by atoms with Crippen molar-refractivity contribution in [1.82, 2.24) is 0 Å². The fraction of sp³-hybridized carbons (Fsp3) is 0.333. The van der Waals surface area contributed by atoms with E-state index in [1.54, 1.807) is 0 Å². The number of hydrogen-bond acceptors (Lipinski definition) is 0. The number of hydrogen-bond donors (Lipinski definition) is 0. The first-order valence-corrected chi connectivity index (χ1v) is 7.19. The molecular formula is C18H21Cl. The van der Waals surface area contributed by atoms with E-state index >= 15 is 0 Å². The SMILES string of the molecule is Cc1ccc(CC(Cl)c2cccc(C)c2C)cc1C. The van der Waals surface area contributed by atoms with E-state index in [-0.39, 0.29) is 5.38 Å². The van der Waals surface area contributed by atoms with Crippen LogP contribution in [0.4, 0.5) is 0 Å². The van der Waals surface area contributed by atoms with Crippen LogP contribution in [0.3, 0.4) is 0 Å². The summed E-state index contributed by atoms with van der Waals surface area (Å²) in [7, 11) is 0.